The van der Waals surface area contributed by atoms with Crippen molar-refractivity contribution in [3.8, 4) is 0 Å². The molecule has 1 fully saturated rings. The fourth-order valence-corrected chi connectivity index (χ4v) is 11.0. The molecule has 0 saturated heterocycles. The number of aromatic nitrogens is 3. The van der Waals surface area contributed by atoms with Gasteiger partial charge in [0.2, 0.25) is 47.3 Å². The van der Waals surface area contributed by atoms with Gasteiger partial charge in [-0.05, 0) is 90.9 Å². The van der Waals surface area contributed by atoms with Gasteiger partial charge in [0, 0.05) is 61.2 Å². The van der Waals surface area contributed by atoms with Crippen molar-refractivity contribution in [2.45, 2.75) is 152 Å². The van der Waals surface area contributed by atoms with E-state index < -0.39 is 95.1 Å². The second kappa shape index (κ2) is 31.8. The number of aliphatic imine (C=N–C) groups is 1. The van der Waals surface area contributed by atoms with Crippen LogP contribution in [-0.2, 0) is 64.0 Å². The SMILES string of the molecule is CC(C)[C@H](NC(=O)[C@H](Cc1ccccc1)NC(=O)[C@H](CCCCN)NC(=O)C1(NC(=O)[C@H](Cc2c[nH]c3ccccc23)NC(=O)[C@H](CCCN=C(N)N)NC(=O)[C@H](Cc2ccc3ccccc3c2)NC(=O)[C@@H](N)Cc2cnc[nH]2)CCCCC1)C(N)=O. The van der Waals surface area contributed by atoms with E-state index in [4.69, 9.17) is 28.7 Å². The first-order valence-corrected chi connectivity index (χ1v) is 29.8. The molecule has 0 bridgehead atoms. The van der Waals surface area contributed by atoms with E-state index in [9.17, 15) is 24.0 Å². The number of nitrogens with one attached hydrogen (secondary N) is 9. The van der Waals surface area contributed by atoms with Gasteiger partial charge in [-0.25, -0.2) is 4.98 Å². The number of fused-ring (bicyclic) bond motifs is 2. The molecule has 4 aromatic carbocycles. The molecule has 0 radical (unpaired) electrons. The molecule has 0 spiro atoms. The Balaban J connectivity index is 1.17. The Morgan fingerprint density at radius 2 is 1.20 bits per heavy atom. The fourth-order valence-electron chi connectivity index (χ4n) is 11.0. The molecule has 1 aliphatic carbocycles. The van der Waals surface area contributed by atoms with Gasteiger partial charge in [0.25, 0.3) is 0 Å². The van der Waals surface area contributed by atoms with Crippen LogP contribution in [0.5, 0.6) is 0 Å². The van der Waals surface area contributed by atoms with E-state index in [1.807, 2.05) is 72.8 Å². The van der Waals surface area contributed by atoms with Crippen molar-refractivity contribution in [1.29, 1.82) is 0 Å². The van der Waals surface area contributed by atoms with Gasteiger partial charge >= 0.3 is 0 Å². The summed E-state index contributed by atoms with van der Waals surface area (Å²) in [7, 11) is 0. The Morgan fingerprint density at radius 3 is 1.86 bits per heavy atom. The summed E-state index contributed by atoms with van der Waals surface area (Å²) in [5.74, 6) is -6.09. The average Bonchev–Trinajstić information content (AvgIpc) is 2.43. The number of imidazole rings is 1. The minimum absolute atomic E-state index is 0.00603. The quantitative estimate of drug-likeness (QED) is 0.0163. The van der Waals surface area contributed by atoms with Crippen LogP contribution in [-0.4, -0.2) is 129 Å². The lowest BCUT2D eigenvalue weighted by atomic mass is 9.80. The van der Waals surface area contributed by atoms with Gasteiger partial charge in [-0.3, -0.25) is 43.3 Å². The number of H-pyrrole nitrogens is 2. The summed E-state index contributed by atoms with van der Waals surface area (Å²) in [5, 5.41) is 22.8. The molecule has 7 rings (SSSR count). The van der Waals surface area contributed by atoms with Crippen LogP contribution in [0.1, 0.15) is 100 Å². The molecule has 0 aliphatic heterocycles. The molecule has 24 nitrogen and oxygen atoms in total. The van der Waals surface area contributed by atoms with Crippen molar-refractivity contribution in [2.24, 2.45) is 39.6 Å². The normalized spacial score (nSPS) is 15.3. The summed E-state index contributed by atoms with van der Waals surface area (Å²) in [6.07, 6.45) is 8.19. The maximum atomic E-state index is 15.3. The van der Waals surface area contributed by atoms with E-state index in [0.717, 1.165) is 28.1 Å². The lowest BCUT2D eigenvalue weighted by Crippen LogP contribution is -2.66. The predicted molar refractivity (Wildman–Crippen MR) is 332 cm³/mol. The predicted octanol–water partition coefficient (Wildman–Crippen LogP) is 1.69. The van der Waals surface area contributed by atoms with Gasteiger partial charge in [0.15, 0.2) is 5.96 Å². The first-order chi connectivity index (χ1) is 41.8. The van der Waals surface area contributed by atoms with E-state index in [1.165, 1.54) is 6.33 Å². The Kier molecular flexibility index (Phi) is 23.9. The Morgan fingerprint density at radius 1 is 0.598 bits per heavy atom. The second-order valence-corrected chi connectivity index (χ2v) is 22.8. The van der Waals surface area contributed by atoms with Gasteiger partial charge in [0.1, 0.15) is 41.8 Å². The number of aromatic amines is 2. The summed E-state index contributed by atoms with van der Waals surface area (Å²) in [4.78, 5) is 129. The molecule has 2 aromatic heterocycles. The van der Waals surface area contributed by atoms with E-state index in [2.05, 4.69) is 57.2 Å². The maximum absolute atomic E-state index is 15.3. The van der Waals surface area contributed by atoms with E-state index in [0.29, 0.717) is 54.6 Å². The molecule has 6 aromatic rings. The topological polar surface area (TPSA) is 408 Å². The fraction of sp³-hybridized carbons (Fsp3) is 0.429. The number of amides is 8. The second-order valence-electron chi connectivity index (χ2n) is 22.8. The van der Waals surface area contributed by atoms with Crippen LogP contribution < -0.4 is 65.9 Å². The smallest absolute Gasteiger partial charge is 0.246 e. The molecular weight excluding hydrogens is 1110 g/mol. The molecule has 87 heavy (non-hydrogen) atoms. The zero-order valence-electron chi connectivity index (χ0n) is 49.4. The van der Waals surface area contributed by atoms with Crippen LogP contribution in [0.4, 0.5) is 0 Å². The van der Waals surface area contributed by atoms with Gasteiger partial charge < -0.3 is 75.9 Å². The van der Waals surface area contributed by atoms with Crippen molar-refractivity contribution in [1.82, 2.24) is 52.2 Å². The lowest BCUT2D eigenvalue weighted by Gasteiger charge is -2.39. The number of carbonyl (C=O) groups excluding carboxylic acids is 8. The molecule has 8 amide bonds. The molecule has 7 atom stereocenters. The highest BCUT2D eigenvalue weighted by atomic mass is 16.2. The van der Waals surface area contributed by atoms with E-state index >= 15 is 14.4 Å². The van der Waals surface area contributed by atoms with Gasteiger partial charge in [-0.15, -0.1) is 0 Å². The highest BCUT2D eigenvalue weighted by molar-refractivity contribution is 6.00. The number of benzene rings is 4. The molecule has 0 unspecified atom stereocenters. The number of rotatable bonds is 32. The average molecular weight is 1190 g/mol. The van der Waals surface area contributed by atoms with E-state index in [-0.39, 0.29) is 76.2 Å². The van der Waals surface area contributed by atoms with Crippen LogP contribution in [0, 0.1) is 5.92 Å². The summed E-state index contributed by atoms with van der Waals surface area (Å²) in [5.41, 5.74) is 31.2. The number of primary amides is 1. The number of hydrogen-bond donors (Lipinski definition) is 14. The minimum atomic E-state index is -1.59. The third-order valence-corrected chi connectivity index (χ3v) is 15.8. The molecule has 464 valence electrons. The highest BCUT2D eigenvalue weighted by Gasteiger charge is 2.44. The monoisotopic (exact) mass is 1190 g/mol. The largest absolute Gasteiger partial charge is 0.370 e. The lowest BCUT2D eigenvalue weighted by molar-refractivity contribution is -0.139. The molecule has 24 heteroatoms. The first kappa shape index (κ1) is 65.4. The molecule has 1 aliphatic rings. The summed E-state index contributed by atoms with van der Waals surface area (Å²) in [6.45, 7) is 3.85. The number of hydrogen-bond acceptors (Lipinski definition) is 12. The first-order valence-electron chi connectivity index (χ1n) is 29.8. The summed E-state index contributed by atoms with van der Waals surface area (Å²) in [6, 6.07) is 21.3. The van der Waals surface area contributed by atoms with Crippen molar-refractivity contribution in [3.05, 3.63) is 138 Å². The number of para-hydroxylation sites is 1. The third kappa shape index (κ3) is 18.9. The van der Waals surface area contributed by atoms with Crippen LogP contribution >= 0.6 is 0 Å². The Hall–Kier alpha value is -9.16. The molecule has 19 N–H and O–H groups in total. The standard InChI is InChI=1S/C63H84N16O8/c1-38(2)53(54(66)80)78-59(85)50(31-39-16-5-3-6-17-39)75-57(83)49(22-11-14-28-64)77-61(87)63(26-12-4-13-27-63)79-60(86)52(33-43-35-71-47-21-10-9-20-45(43)47)76-56(82)48(23-15-29-70-62(67)68)73-58(84)51(74-55(81)46(65)34-44-36-69-37-72-44)32-40-24-25-41-18-7-8-19-42(41)30-40/h3,5-10,16-21,24-25,30,35-38,46,48-53,71H,4,11-15,22-23,26-29,31-34,64-65H2,1-2H3,(H2,66,80)(H,69,72)(H,73,84)(H,74,81)(H,75,83)(H,76,82)(H,77,87)(H,78,85)(H,79,86)(H4,67,68,70)/t46-,48-,49-,50-,51-,52-,53-/m0/s1. The number of unbranched alkanes of at least 4 members (excludes halogenated alkanes) is 1. The highest BCUT2D eigenvalue weighted by Crippen LogP contribution is 2.30. The zero-order valence-corrected chi connectivity index (χ0v) is 49.4. The molecule has 2 heterocycles. The van der Waals surface area contributed by atoms with Crippen LogP contribution in [0.2, 0.25) is 0 Å². The van der Waals surface area contributed by atoms with Crippen LogP contribution in [0.3, 0.4) is 0 Å². The Bertz CT molecular complexity index is 3320. The van der Waals surface area contributed by atoms with Gasteiger partial charge in [-0.2, -0.15) is 0 Å². The maximum Gasteiger partial charge on any atom is 0.246 e. The van der Waals surface area contributed by atoms with Crippen molar-refractivity contribution in [3.63, 3.8) is 0 Å². The number of nitrogens with zero attached hydrogens (tertiary/aromatic N) is 2. The number of guanidine groups is 1. The van der Waals surface area contributed by atoms with Gasteiger partial charge in [-0.1, -0.05) is 124 Å². The summed E-state index contributed by atoms with van der Waals surface area (Å²) >= 11 is 0. The van der Waals surface area contributed by atoms with Crippen LogP contribution in [0.15, 0.2) is 121 Å². The molecule has 1 saturated carbocycles. The molecular formula is C63H84N16O8. The van der Waals surface area contributed by atoms with Gasteiger partial charge in [0.05, 0.1) is 12.4 Å². The minimum Gasteiger partial charge on any atom is -0.370 e. The van der Waals surface area contributed by atoms with Crippen molar-refractivity contribution in [2.75, 3.05) is 13.1 Å². The Labute approximate surface area is 505 Å². The summed E-state index contributed by atoms with van der Waals surface area (Å²) < 4.78 is 0. The number of carbonyl (C=O) groups is 8. The van der Waals surface area contributed by atoms with E-state index in [1.54, 1.807) is 50.5 Å². The van der Waals surface area contributed by atoms with Crippen molar-refractivity contribution >= 4 is 74.9 Å². The van der Waals surface area contributed by atoms with Crippen molar-refractivity contribution < 1.29 is 38.4 Å². The zero-order chi connectivity index (χ0) is 62.5. The van der Waals surface area contributed by atoms with Crippen LogP contribution in [0.25, 0.3) is 21.7 Å². The number of nitrogens with two attached hydrogens (primary N) is 5. The third-order valence-electron chi connectivity index (χ3n) is 15.8.